The van der Waals surface area contributed by atoms with E-state index in [0.717, 1.165) is 38.5 Å². The van der Waals surface area contributed by atoms with Gasteiger partial charge in [0.05, 0.1) is 40.3 Å². The Kier molecular flexibility index (Phi) is 46.6. The van der Waals surface area contributed by atoms with Crippen LogP contribution in [0.5, 0.6) is 0 Å². The molecule has 0 saturated heterocycles. The van der Waals surface area contributed by atoms with Gasteiger partial charge in [-0.15, -0.1) is 0 Å². The molecular weight excluding hydrogens is 811 g/mol. The van der Waals surface area contributed by atoms with Crippen LogP contribution in [0, 0.1) is 0 Å². The summed E-state index contributed by atoms with van der Waals surface area (Å²) in [7, 11) is 5.43. The SMILES string of the molecule is CCCCCC/C=C/C=C/CCCCCCCCCCCCC(=O)OCC(COCCC(C(=O)[O-])[N+](C)(C)C)OC(=O)CCCCCCCCCCCCCCCCCCCCCCC. The quantitative estimate of drug-likeness (QED) is 0.0259. The van der Waals surface area contributed by atoms with E-state index in [-0.39, 0.29) is 42.7 Å². The van der Waals surface area contributed by atoms with E-state index in [9.17, 15) is 19.5 Å². The van der Waals surface area contributed by atoms with Gasteiger partial charge in [-0.05, 0) is 38.5 Å². The van der Waals surface area contributed by atoms with E-state index in [1.54, 1.807) is 0 Å². The van der Waals surface area contributed by atoms with Crippen molar-refractivity contribution in [3.05, 3.63) is 24.3 Å². The first kappa shape index (κ1) is 62.8. The maximum atomic E-state index is 12.8. The molecule has 0 amide bonds. The van der Waals surface area contributed by atoms with Crippen molar-refractivity contribution >= 4 is 17.9 Å². The number of unbranched alkanes of at least 4 members (excludes halogenated alkanes) is 34. The molecule has 0 aromatic carbocycles. The molecule has 8 nitrogen and oxygen atoms in total. The number of hydrogen-bond donors (Lipinski definition) is 0. The molecule has 0 fully saturated rings. The van der Waals surface area contributed by atoms with Gasteiger partial charge in [-0.1, -0.05) is 237 Å². The number of esters is 2. The number of hydrogen-bond acceptors (Lipinski definition) is 7. The lowest BCUT2D eigenvalue weighted by Crippen LogP contribution is -2.55. The number of carbonyl (C=O) groups is 3. The predicted molar refractivity (Wildman–Crippen MR) is 273 cm³/mol. The number of carboxylic acid groups (broad SMARTS) is 1. The molecular formula is C57H107NO7. The molecule has 0 heterocycles. The lowest BCUT2D eigenvalue weighted by Gasteiger charge is -2.34. The molecule has 382 valence electrons. The predicted octanol–water partition coefficient (Wildman–Crippen LogP) is 15.0. The van der Waals surface area contributed by atoms with Gasteiger partial charge >= 0.3 is 11.9 Å². The summed E-state index contributed by atoms with van der Waals surface area (Å²) in [6.45, 7) is 4.69. The molecule has 0 aromatic rings. The molecule has 0 rings (SSSR count). The second-order valence-electron chi connectivity index (χ2n) is 20.2. The Balaban J connectivity index is 4.16. The van der Waals surface area contributed by atoms with Gasteiger partial charge in [0.25, 0.3) is 0 Å². The zero-order chi connectivity index (χ0) is 47.7. The molecule has 0 N–H and O–H groups in total. The van der Waals surface area contributed by atoms with E-state index in [1.165, 1.54) is 199 Å². The second-order valence-corrected chi connectivity index (χ2v) is 20.2. The van der Waals surface area contributed by atoms with E-state index >= 15 is 0 Å². The minimum absolute atomic E-state index is 0.0448. The molecule has 0 aliphatic rings. The normalized spacial score (nSPS) is 12.9. The van der Waals surface area contributed by atoms with Crippen LogP contribution in [-0.2, 0) is 28.6 Å². The van der Waals surface area contributed by atoms with Gasteiger partial charge in [-0.3, -0.25) is 9.59 Å². The summed E-state index contributed by atoms with van der Waals surface area (Å²) in [5.41, 5.74) is 0. The van der Waals surface area contributed by atoms with Crippen molar-refractivity contribution in [3.8, 4) is 0 Å². The number of carboxylic acids is 1. The fourth-order valence-corrected chi connectivity index (χ4v) is 8.54. The molecule has 0 saturated carbocycles. The van der Waals surface area contributed by atoms with Crippen molar-refractivity contribution < 1.29 is 38.2 Å². The topological polar surface area (TPSA) is 102 Å². The molecule has 0 radical (unpaired) electrons. The van der Waals surface area contributed by atoms with Crippen molar-refractivity contribution in [3.63, 3.8) is 0 Å². The van der Waals surface area contributed by atoms with Crippen LogP contribution >= 0.6 is 0 Å². The molecule has 8 heteroatoms. The molecule has 2 atom stereocenters. The minimum atomic E-state index is -1.12. The smallest absolute Gasteiger partial charge is 0.306 e. The van der Waals surface area contributed by atoms with Crippen LogP contribution in [0.25, 0.3) is 0 Å². The number of rotatable bonds is 51. The van der Waals surface area contributed by atoms with Crippen LogP contribution in [0.4, 0.5) is 0 Å². The first-order valence-electron chi connectivity index (χ1n) is 27.9. The van der Waals surface area contributed by atoms with Gasteiger partial charge in [0, 0.05) is 19.3 Å². The third-order valence-corrected chi connectivity index (χ3v) is 12.9. The van der Waals surface area contributed by atoms with Crippen molar-refractivity contribution in [2.45, 2.75) is 283 Å². The lowest BCUT2D eigenvalue weighted by atomic mass is 10.0. The van der Waals surface area contributed by atoms with E-state index in [1.807, 2.05) is 21.1 Å². The van der Waals surface area contributed by atoms with Gasteiger partial charge in [-0.25, -0.2) is 0 Å². The van der Waals surface area contributed by atoms with E-state index in [0.29, 0.717) is 12.8 Å². The van der Waals surface area contributed by atoms with Gasteiger partial charge in [0.2, 0.25) is 0 Å². The molecule has 2 unspecified atom stereocenters. The van der Waals surface area contributed by atoms with E-state index < -0.39 is 18.1 Å². The van der Waals surface area contributed by atoms with Crippen LogP contribution in [-0.4, -0.2) is 75.5 Å². The van der Waals surface area contributed by atoms with E-state index in [4.69, 9.17) is 14.2 Å². The third kappa shape index (κ3) is 46.7. The number of allylic oxidation sites excluding steroid dienone is 4. The lowest BCUT2D eigenvalue weighted by molar-refractivity contribution is -0.889. The summed E-state index contributed by atoms with van der Waals surface area (Å²) in [6.07, 6.45) is 56.4. The van der Waals surface area contributed by atoms with Crippen LogP contribution in [0.2, 0.25) is 0 Å². The van der Waals surface area contributed by atoms with Gasteiger partial charge in [0.1, 0.15) is 12.6 Å². The fraction of sp³-hybridized carbons (Fsp3) is 0.877. The molecule has 0 bridgehead atoms. The Morgan fingerprint density at radius 2 is 0.800 bits per heavy atom. The molecule has 0 spiro atoms. The molecule has 65 heavy (non-hydrogen) atoms. The highest BCUT2D eigenvalue weighted by Crippen LogP contribution is 2.17. The Morgan fingerprint density at radius 1 is 0.462 bits per heavy atom. The van der Waals surface area contributed by atoms with Gasteiger partial charge in [-0.2, -0.15) is 0 Å². The van der Waals surface area contributed by atoms with Gasteiger partial charge < -0.3 is 28.6 Å². The molecule has 0 aromatic heterocycles. The monoisotopic (exact) mass is 918 g/mol. The fourth-order valence-electron chi connectivity index (χ4n) is 8.54. The zero-order valence-electron chi connectivity index (χ0n) is 43.7. The standard InChI is InChI=1S/C57H107NO7/c1-6-8-10-12-14-16-18-20-22-24-26-28-30-32-34-36-38-40-42-44-46-48-56(60)65-53(51-63-50-49-54(57(61)62)58(3,4)5)52-64-55(59)47-45-43-41-39-37-35-33-31-29-27-25-23-21-19-17-15-13-11-9-7-2/h17,19,21,23,53-54H,6-16,18,20,22,24-52H2,1-5H3/b19-17+,23-21+. The first-order chi connectivity index (χ1) is 31.6. The Bertz CT molecular complexity index is 1120. The molecule has 0 aliphatic carbocycles. The largest absolute Gasteiger partial charge is 0.544 e. The van der Waals surface area contributed by atoms with Crippen molar-refractivity contribution in [2.24, 2.45) is 0 Å². The average molecular weight is 918 g/mol. The number of likely N-dealkylation sites (N-methyl/N-ethyl adjacent to an activating group) is 1. The third-order valence-electron chi connectivity index (χ3n) is 12.9. The Labute approximate surface area is 402 Å². The highest BCUT2D eigenvalue weighted by atomic mass is 16.6. The van der Waals surface area contributed by atoms with Crippen molar-refractivity contribution in [1.29, 1.82) is 0 Å². The highest BCUT2D eigenvalue weighted by molar-refractivity contribution is 5.70. The number of nitrogens with zero attached hydrogens (tertiary/aromatic N) is 1. The number of aliphatic carboxylic acids is 1. The summed E-state index contributed by atoms with van der Waals surface area (Å²) in [5.74, 6) is -1.72. The Morgan fingerprint density at radius 3 is 1.17 bits per heavy atom. The van der Waals surface area contributed by atoms with Crippen molar-refractivity contribution in [2.75, 3.05) is 41.0 Å². The number of ether oxygens (including phenoxy) is 3. The summed E-state index contributed by atoms with van der Waals surface area (Å²) in [4.78, 5) is 37.1. The van der Waals surface area contributed by atoms with Crippen LogP contribution < -0.4 is 5.11 Å². The maximum absolute atomic E-state index is 12.8. The zero-order valence-corrected chi connectivity index (χ0v) is 43.7. The van der Waals surface area contributed by atoms with Crippen LogP contribution in [0.3, 0.4) is 0 Å². The van der Waals surface area contributed by atoms with E-state index in [2.05, 4.69) is 38.2 Å². The summed E-state index contributed by atoms with van der Waals surface area (Å²) in [6, 6.07) is -0.724. The molecule has 0 aliphatic heterocycles. The van der Waals surface area contributed by atoms with Gasteiger partial charge in [0.15, 0.2) is 6.10 Å². The highest BCUT2D eigenvalue weighted by Gasteiger charge is 2.25. The summed E-state index contributed by atoms with van der Waals surface area (Å²) >= 11 is 0. The summed E-state index contributed by atoms with van der Waals surface area (Å²) < 4.78 is 17.3. The Hall–Kier alpha value is -2.19. The second kappa shape index (κ2) is 48.3. The maximum Gasteiger partial charge on any atom is 0.306 e. The van der Waals surface area contributed by atoms with Crippen LogP contribution in [0.15, 0.2) is 24.3 Å². The number of carbonyl (C=O) groups excluding carboxylic acids is 3. The summed E-state index contributed by atoms with van der Waals surface area (Å²) in [5, 5.41) is 11.7. The van der Waals surface area contributed by atoms with Crippen LogP contribution in [0.1, 0.15) is 271 Å². The first-order valence-corrected chi connectivity index (χ1v) is 27.9. The minimum Gasteiger partial charge on any atom is -0.544 e. The average Bonchev–Trinajstić information content (AvgIpc) is 3.27. The van der Waals surface area contributed by atoms with Crippen molar-refractivity contribution in [1.82, 2.24) is 0 Å². The number of quaternary nitrogens is 1.